The van der Waals surface area contributed by atoms with Crippen molar-refractivity contribution in [2.24, 2.45) is 0 Å². The minimum Gasteiger partial charge on any atom is -0.492 e. The average Bonchev–Trinajstić information content (AvgIpc) is 2.87. The number of hydrogen-bond acceptors (Lipinski definition) is 4. The molecule has 0 unspecified atom stereocenters. The van der Waals surface area contributed by atoms with Gasteiger partial charge in [0.2, 0.25) is 0 Å². The van der Waals surface area contributed by atoms with E-state index in [1.54, 1.807) is 0 Å². The summed E-state index contributed by atoms with van der Waals surface area (Å²) in [5.41, 5.74) is 9.37. The van der Waals surface area contributed by atoms with Crippen LogP contribution in [0.5, 0.6) is 5.75 Å². The molecule has 20 heavy (non-hydrogen) atoms. The number of nitrogens with two attached hydrogens (primary N) is 1. The Morgan fingerprint density at radius 2 is 2.05 bits per heavy atom. The second-order valence-electron chi connectivity index (χ2n) is 4.57. The Morgan fingerprint density at radius 1 is 1.20 bits per heavy atom. The molecule has 0 atom stereocenters. The summed E-state index contributed by atoms with van der Waals surface area (Å²) in [6.45, 7) is 4.54. The molecule has 0 fully saturated rings. The van der Waals surface area contributed by atoms with Crippen molar-refractivity contribution in [1.82, 2.24) is 14.6 Å². The van der Waals surface area contributed by atoms with Crippen LogP contribution >= 0.6 is 0 Å². The summed E-state index contributed by atoms with van der Waals surface area (Å²) in [5.74, 6) is 1.47. The highest BCUT2D eigenvalue weighted by molar-refractivity contribution is 5.67. The van der Waals surface area contributed by atoms with Gasteiger partial charge in [-0.3, -0.25) is 4.40 Å². The summed E-state index contributed by atoms with van der Waals surface area (Å²) in [5, 5.41) is 8.47. The molecule has 3 aromatic rings. The van der Waals surface area contributed by atoms with Gasteiger partial charge >= 0.3 is 0 Å². The van der Waals surface area contributed by atoms with E-state index in [-0.39, 0.29) is 0 Å². The molecule has 0 bridgehead atoms. The van der Waals surface area contributed by atoms with Crippen LogP contribution in [-0.2, 0) is 0 Å². The van der Waals surface area contributed by atoms with Crippen molar-refractivity contribution in [3.8, 4) is 17.1 Å². The Morgan fingerprint density at radius 3 is 2.85 bits per heavy atom. The Kier molecular flexibility index (Phi) is 3.02. The van der Waals surface area contributed by atoms with Crippen LogP contribution in [0.3, 0.4) is 0 Å². The first-order valence-electron chi connectivity index (χ1n) is 6.54. The number of nitrogen functional groups attached to an aromatic ring is 1. The largest absolute Gasteiger partial charge is 0.492 e. The van der Waals surface area contributed by atoms with Gasteiger partial charge in [-0.15, -0.1) is 10.2 Å². The number of nitrogens with zero attached hydrogens (tertiary/aromatic N) is 3. The Bertz CT molecular complexity index is 764. The molecular formula is C15H16N4O. The van der Waals surface area contributed by atoms with Crippen LogP contribution < -0.4 is 10.5 Å². The molecular weight excluding hydrogens is 252 g/mol. The highest BCUT2D eigenvalue weighted by atomic mass is 16.5. The normalized spacial score (nSPS) is 10.9. The lowest BCUT2D eigenvalue weighted by molar-refractivity contribution is 0.342. The van der Waals surface area contributed by atoms with Crippen LogP contribution in [-0.4, -0.2) is 21.2 Å². The predicted octanol–water partition coefficient (Wildman–Crippen LogP) is 2.69. The molecule has 1 aromatic carbocycles. The predicted molar refractivity (Wildman–Crippen MR) is 78.7 cm³/mol. The molecule has 0 aliphatic rings. The van der Waals surface area contributed by atoms with Gasteiger partial charge in [-0.05, 0) is 44.2 Å². The van der Waals surface area contributed by atoms with Crippen LogP contribution in [0.25, 0.3) is 17.0 Å². The molecule has 0 amide bonds. The van der Waals surface area contributed by atoms with Crippen molar-refractivity contribution in [2.45, 2.75) is 13.8 Å². The smallest absolute Gasteiger partial charge is 0.168 e. The van der Waals surface area contributed by atoms with Gasteiger partial charge in [0.1, 0.15) is 5.75 Å². The van der Waals surface area contributed by atoms with Gasteiger partial charge in [0.15, 0.2) is 11.5 Å². The number of fused-ring (bicyclic) bond motifs is 1. The van der Waals surface area contributed by atoms with Crippen LogP contribution in [0.15, 0.2) is 36.4 Å². The van der Waals surface area contributed by atoms with E-state index in [4.69, 9.17) is 10.5 Å². The van der Waals surface area contributed by atoms with E-state index < -0.39 is 0 Å². The maximum atomic E-state index is 5.90. The topological polar surface area (TPSA) is 65.4 Å². The van der Waals surface area contributed by atoms with Gasteiger partial charge in [0, 0.05) is 11.3 Å². The SMILES string of the molecule is CCOc1cc(-c2nnc3cccc(C)n23)ccc1N. The van der Waals surface area contributed by atoms with Crippen molar-refractivity contribution in [3.05, 3.63) is 42.1 Å². The zero-order valence-electron chi connectivity index (χ0n) is 11.5. The number of aryl methyl sites for hydroxylation is 1. The lowest BCUT2D eigenvalue weighted by Gasteiger charge is -2.09. The number of ether oxygens (including phenoxy) is 1. The zero-order valence-corrected chi connectivity index (χ0v) is 11.5. The third-order valence-corrected chi connectivity index (χ3v) is 3.20. The fourth-order valence-electron chi connectivity index (χ4n) is 2.24. The third kappa shape index (κ3) is 1.97. The van der Waals surface area contributed by atoms with Crippen molar-refractivity contribution in [1.29, 1.82) is 0 Å². The lowest BCUT2D eigenvalue weighted by atomic mass is 10.1. The van der Waals surface area contributed by atoms with Gasteiger partial charge in [-0.1, -0.05) is 6.07 Å². The summed E-state index contributed by atoms with van der Waals surface area (Å²) in [7, 11) is 0. The van der Waals surface area contributed by atoms with Crippen molar-refractivity contribution in [3.63, 3.8) is 0 Å². The highest BCUT2D eigenvalue weighted by Gasteiger charge is 2.11. The molecule has 0 aliphatic carbocycles. The van der Waals surface area contributed by atoms with Crippen molar-refractivity contribution < 1.29 is 4.74 Å². The van der Waals surface area contributed by atoms with E-state index in [0.717, 1.165) is 22.7 Å². The van der Waals surface area contributed by atoms with E-state index in [9.17, 15) is 0 Å². The average molecular weight is 268 g/mol. The number of pyridine rings is 1. The second-order valence-corrected chi connectivity index (χ2v) is 4.57. The van der Waals surface area contributed by atoms with Gasteiger partial charge < -0.3 is 10.5 Å². The summed E-state index contributed by atoms with van der Waals surface area (Å²) >= 11 is 0. The van der Waals surface area contributed by atoms with Crippen LogP contribution in [0.2, 0.25) is 0 Å². The number of aromatic nitrogens is 3. The highest BCUT2D eigenvalue weighted by Crippen LogP contribution is 2.28. The fraction of sp³-hybridized carbons (Fsp3) is 0.200. The van der Waals surface area contributed by atoms with Gasteiger partial charge in [0.05, 0.1) is 12.3 Å². The van der Waals surface area contributed by atoms with E-state index in [0.29, 0.717) is 18.0 Å². The molecule has 0 aliphatic heterocycles. The minimum atomic E-state index is 0.577. The summed E-state index contributed by atoms with van der Waals surface area (Å²) in [6, 6.07) is 11.6. The molecule has 0 spiro atoms. The second kappa shape index (κ2) is 4.85. The van der Waals surface area contributed by atoms with E-state index >= 15 is 0 Å². The van der Waals surface area contributed by atoms with Crippen LogP contribution in [0, 0.1) is 6.92 Å². The summed E-state index contributed by atoms with van der Waals surface area (Å²) in [6.07, 6.45) is 0. The standard InChI is InChI=1S/C15H16N4O/c1-3-20-13-9-11(7-8-12(13)16)15-18-17-14-6-4-5-10(2)19(14)15/h4-9H,3,16H2,1-2H3. The molecule has 0 saturated carbocycles. The van der Waals surface area contributed by atoms with E-state index in [1.165, 1.54) is 0 Å². The zero-order chi connectivity index (χ0) is 14.1. The van der Waals surface area contributed by atoms with Crippen molar-refractivity contribution >= 4 is 11.3 Å². The maximum absolute atomic E-state index is 5.90. The fourth-order valence-corrected chi connectivity index (χ4v) is 2.24. The van der Waals surface area contributed by atoms with E-state index in [2.05, 4.69) is 10.2 Å². The molecule has 3 rings (SSSR count). The van der Waals surface area contributed by atoms with Gasteiger partial charge in [-0.2, -0.15) is 0 Å². The Hall–Kier alpha value is -2.56. The molecule has 2 heterocycles. The van der Waals surface area contributed by atoms with Crippen molar-refractivity contribution in [2.75, 3.05) is 12.3 Å². The molecule has 2 aromatic heterocycles. The van der Waals surface area contributed by atoms with Crippen LogP contribution in [0.1, 0.15) is 12.6 Å². The Labute approximate surface area is 117 Å². The number of benzene rings is 1. The van der Waals surface area contributed by atoms with E-state index in [1.807, 2.05) is 54.6 Å². The van der Waals surface area contributed by atoms with Gasteiger partial charge in [0.25, 0.3) is 0 Å². The number of rotatable bonds is 3. The molecule has 102 valence electrons. The minimum absolute atomic E-state index is 0.577. The number of hydrogen-bond donors (Lipinski definition) is 1. The Balaban J connectivity index is 2.18. The molecule has 5 heteroatoms. The molecule has 5 nitrogen and oxygen atoms in total. The third-order valence-electron chi connectivity index (χ3n) is 3.20. The van der Waals surface area contributed by atoms with Gasteiger partial charge in [-0.25, -0.2) is 0 Å². The number of anilines is 1. The maximum Gasteiger partial charge on any atom is 0.168 e. The lowest BCUT2D eigenvalue weighted by Crippen LogP contribution is -1.98. The molecule has 2 N–H and O–H groups in total. The molecule has 0 radical (unpaired) electrons. The first-order valence-corrected chi connectivity index (χ1v) is 6.54. The monoisotopic (exact) mass is 268 g/mol. The molecule has 0 saturated heterocycles. The first-order chi connectivity index (χ1) is 9.70. The quantitative estimate of drug-likeness (QED) is 0.742. The summed E-state index contributed by atoms with van der Waals surface area (Å²) in [4.78, 5) is 0. The summed E-state index contributed by atoms with van der Waals surface area (Å²) < 4.78 is 7.55. The van der Waals surface area contributed by atoms with Crippen LogP contribution in [0.4, 0.5) is 5.69 Å². The first kappa shape index (κ1) is 12.5.